The highest BCUT2D eigenvalue weighted by molar-refractivity contribution is 7.89. The molecule has 0 amide bonds. The number of fused-ring (bicyclic) bond motifs is 1. The predicted octanol–water partition coefficient (Wildman–Crippen LogP) is 1.53. The van der Waals surface area contributed by atoms with Gasteiger partial charge in [0.1, 0.15) is 10.7 Å². The van der Waals surface area contributed by atoms with Gasteiger partial charge in [-0.25, -0.2) is 13.4 Å². The van der Waals surface area contributed by atoms with E-state index in [-0.39, 0.29) is 23.6 Å². The zero-order valence-electron chi connectivity index (χ0n) is 16.5. The minimum Gasteiger partial charge on any atom is -0.377 e. The van der Waals surface area contributed by atoms with Crippen molar-refractivity contribution in [3.05, 3.63) is 54.6 Å². The van der Waals surface area contributed by atoms with Gasteiger partial charge in [-0.15, -0.1) is 0 Å². The van der Waals surface area contributed by atoms with Crippen molar-refractivity contribution in [3.63, 3.8) is 0 Å². The van der Waals surface area contributed by atoms with E-state index in [1.54, 1.807) is 6.07 Å². The minimum atomic E-state index is -3.69. The first-order valence-electron chi connectivity index (χ1n) is 9.90. The molecule has 0 bridgehead atoms. The molecule has 2 atom stereocenters. The highest BCUT2D eigenvalue weighted by Crippen LogP contribution is 2.27. The number of hydrogen-bond acceptors (Lipinski definition) is 9. The second-order valence-corrected chi connectivity index (χ2v) is 9.13. The molecule has 0 radical (unpaired) electrons. The molecule has 2 fully saturated rings. The first-order chi connectivity index (χ1) is 15.1. The van der Waals surface area contributed by atoms with Crippen molar-refractivity contribution < 1.29 is 22.4 Å². The van der Waals surface area contributed by atoms with Crippen LogP contribution in [0.1, 0.15) is 5.89 Å². The molecule has 2 saturated heterocycles. The molecule has 1 N–H and O–H groups in total. The van der Waals surface area contributed by atoms with Crippen LogP contribution in [0.5, 0.6) is 0 Å². The molecule has 31 heavy (non-hydrogen) atoms. The lowest BCUT2D eigenvalue weighted by Gasteiger charge is -2.35. The van der Waals surface area contributed by atoms with E-state index < -0.39 is 10.0 Å². The number of nitrogens with zero attached hydrogens (tertiary/aromatic N) is 4. The van der Waals surface area contributed by atoms with Crippen LogP contribution < -0.4 is 5.32 Å². The molecule has 162 valence electrons. The van der Waals surface area contributed by atoms with Crippen LogP contribution in [0.15, 0.2) is 58.1 Å². The smallest absolute Gasteiger partial charge is 0.246 e. The highest BCUT2D eigenvalue weighted by atomic mass is 32.2. The molecule has 2 aromatic heterocycles. The van der Waals surface area contributed by atoms with Gasteiger partial charge in [0.15, 0.2) is 0 Å². The van der Waals surface area contributed by atoms with E-state index in [9.17, 15) is 8.42 Å². The largest absolute Gasteiger partial charge is 0.377 e. The van der Waals surface area contributed by atoms with Crippen molar-refractivity contribution >= 4 is 15.8 Å². The lowest BCUT2D eigenvalue weighted by molar-refractivity contribution is -0.0186. The number of ether oxygens (including phenoxy) is 2. The number of aromatic nitrogens is 3. The summed E-state index contributed by atoms with van der Waals surface area (Å²) in [7, 11) is -3.69. The van der Waals surface area contributed by atoms with Gasteiger partial charge in [0, 0.05) is 18.3 Å². The number of nitrogens with one attached hydrogen (secondary N) is 1. The number of hydrogen-bond donors (Lipinski definition) is 1. The molecule has 0 saturated carbocycles. The maximum absolute atomic E-state index is 13.1. The molecule has 10 nitrogen and oxygen atoms in total. The van der Waals surface area contributed by atoms with E-state index in [0.29, 0.717) is 43.9 Å². The van der Waals surface area contributed by atoms with Gasteiger partial charge >= 0.3 is 0 Å². The van der Waals surface area contributed by atoms with Crippen LogP contribution in [0.3, 0.4) is 0 Å². The van der Waals surface area contributed by atoms with Crippen molar-refractivity contribution in [1.82, 2.24) is 19.4 Å². The lowest BCUT2D eigenvalue weighted by Crippen LogP contribution is -2.53. The quantitative estimate of drug-likeness (QED) is 0.605. The Labute approximate surface area is 179 Å². The second-order valence-electron chi connectivity index (χ2n) is 7.24. The van der Waals surface area contributed by atoms with E-state index in [1.807, 2.05) is 30.3 Å². The molecule has 2 aliphatic rings. The van der Waals surface area contributed by atoms with E-state index in [1.165, 1.54) is 16.6 Å². The maximum atomic E-state index is 13.1. The maximum Gasteiger partial charge on any atom is 0.246 e. The molecule has 0 aliphatic carbocycles. The number of pyridine rings is 1. The van der Waals surface area contributed by atoms with Crippen LogP contribution in [0, 0.1) is 0 Å². The predicted molar refractivity (Wildman–Crippen MR) is 110 cm³/mol. The summed E-state index contributed by atoms with van der Waals surface area (Å²) in [6.45, 7) is 1.68. The summed E-state index contributed by atoms with van der Waals surface area (Å²) in [5.74, 6) is 1.41. The first kappa shape index (κ1) is 20.1. The highest BCUT2D eigenvalue weighted by Gasteiger charge is 2.43. The molecule has 4 heterocycles. The van der Waals surface area contributed by atoms with Gasteiger partial charge in [0.05, 0.1) is 38.5 Å². The number of benzene rings is 1. The lowest BCUT2D eigenvalue weighted by atomic mass is 10.2. The average Bonchev–Trinajstić information content (AvgIpc) is 3.48. The van der Waals surface area contributed by atoms with Gasteiger partial charge in [0.2, 0.25) is 21.7 Å². The van der Waals surface area contributed by atoms with Crippen LogP contribution in [-0.4, -0.2) is 66.4 Å². The summed E-state index contributed by atoms with van der Waals surface area (Å²) in [5, 5.41) is 7.04. The van der Waals surface area contributed by atoms with E-state index in [2.05, 4.69) is 20.4 Å². The van der Waals surface area contributed by atoms with Crippen molar-refractivity contribution in [2.75, 3.05) is 31.7 Å². The average molecular weight is 443 g/mol. The summed E-state index contributed by atoms with van der Waals surface area (Å²) in [4.78, 5) is 8.72. The number of anilines is 1. The summed E-state index contributed by atoms with van der Waals surface area (Å²) < 4.78 is 43.9. The SMILES string of the molecule is O=S(=O)(c1ccc(NCc2nc(-c3ccccc3)no2)nc1)N1CCO[C@@H]2COC[C@@H]21. The van der Waals surface area contributed by atoms with Crippen molar-refractivity contribution in [1.29, 1.82) is 0 Å². The molecule has 5 rings (SSSR count). The molecule has 3 aromatic rings. The Morgan fingerprint density at radius 2 is 2.00 bits per heavy atom. The van der Waals surface area contributed by atoms with Gasteiger partial charge in [-0.3, -0.25) is 0 Å². The summed E-state index contributed by atoms with van der Waals surface area (Å²) in [6.07, 6.45) is 1.13. The molecule has 0 unspecified atom stereocenters. The van der Waals surface area contributed by atoms with Gasteiger partial charge in [-0.1, -0.05) is 35.5 Å². The third kappa shape index (κ3) is 4.04. The summed E-state index contributed by atoms with van der Waals surface area (Å²) in [5.41, 5.74) is 0.864. The molecule has 1 aromatic carbocycles. The van der Waals surface area contributed by atoms with E-state index >= 15 is 0 Å². The fourth-order valence-electron chi connectivity index (χ4n) is 3.68. The Kier molecular flexibility index (Phi) is 5.40. The number of morpholine rings is 1. The zero-order valence-corrected chi connectivity index (χ0v) is 17.4. The minimum absolute atomic E-state index is 0.134. The van der Waals surface area contributed by atoms with Crippen LogP contribution >= 0.6 is 0 Å². The Morgan fingerprint density at radius 3 is 2.81 bits per heavy atom. The third-order valence-electron chi connectivity index (χ3n) is 5.28. The monoisotopic (exact) mass is 443 g/mol. The Hall–Kier alpha value is -2.86. The van der Waals surface area contributed by atoms with E-state index in [0.717, 1.165) is 5.56 Å². The molecular formula is C20H21N5O5S. The van der Waals surface area contributed by atoms with Crippen LogP contribution in [0.2, 0.25) is 0 Å². The van der Waals surface area contributed by atoms with Gasteiger partial charge in [0.25, 0.3) is 0 Å². The number of rotatable bonds is 6. The van der Waals surface area contributed by atoms with Gasteiger partial charge in [-0.2, -0.15) is 9.29 Å². The van der Waals surface area contributed by atoms with Gasteiger partial charge < -0.3 is 19.3 Å². The van der Waals surface area contributed by atoms with Crippen molar-refractivity contribution in [2.45, 2.75) is 23.6 Å². The van der Waals surface area contributed by atoms with Crippen LogP contribution in [-0.2, 0) is 26.0 Å². The Bertz CT molecular complexity index is 1140. The first-order valence-corrected chi connectivity index (χ1v) is 11.3. The molecule has 0 spiro atoms. The van der Waals surface area contributed by atoms with Crippen LogP contribution in [0.25, 0.3) is 11.4 Å². The molecule has 11 heteroatoms. The second kappa shape index (κ2) is 8.35. The Morgan fingerprint density at radius 1 is 1.13 bits per heavy atom. The van der Waals surface area contributed by atoms with Gasteiger partial charge in [-0.05, 0) is 12.1 Å². The number of sulfonamides is 1. The standard InChI is InChI=1S/C20H21N5O5S/c26-31(27,25-8-9-29-17-13-28-12-16(17)25)15-6-7-18(21-10-15)22-11-19-23-20(24-30-19)14-4-2-1-3-5-14/h1-7,10,16-17H,8-9,11-13H2,(H,21,22)/t16-,17+/m0/s1. The summed E-state index contributed by atoms with van der Waals surface area (Å²) in [6, 6.07) is 12.4. The molecule has 2 aliphatic heterocycles. The van der Waals surface area contributed by atoms with E-state index in [4.69, 9.17) is 14.0 Å². The fourth-order valence-corrected chi connectivity index (χ4v) is 5.24. The fraction of sp³-hybridized carbons (Fsp3) is 0.350. The topological polar surface area (TPSA) is 120 Å². The summed E-state index contributed by atoms with van der Waals surface area (Å²) >= 11 is 0. The normalized spacial score (nSPS) is 21.7. The van der Waals surface area contributed by atoms with Crippen LogP contribution in [0.4, 0.5) is 5.82 Å². The van der Waals surface area contributed by atoms with Crippen molar-refractivity contribution in [3.8, 4) is 11.4 Å². The third-order valence-corrected chi connectivity index (χ3v) is 7.19. The Balaban J connectivity index is 1.25. The van der Waals surface area contributed by atoms with Crippen molar-refractivity contribution in [2.24, 2.45) is 0 Å². The zero-order chi connectivity index (χ0) is 21.3. The molecular weight excluding hydrogens is 422 g/mol.